The zero-order chi connectivity index (χ0) is 7.23. The molecule has 1 aliphatic rings. The Hall–Kier alpha value is 1.02. The van der Waals surface area contributed by atoms with Crippen LogP contribution in [-0.4, -0.2) is 53.5 Å². The van der Waals surface area contributed by atoms with Crippen molar-refractivity contribution in [2.24, 2.45) is 0 Å². The van der Waals surface area contributed by atoms with Crippen LogP contribution < -0.4 is 0 Å². The van der Waals surface area contributed by atoms with E-state index in [-0.39, 0.29) is 25.9 Å². The number of nitrogens with zero attached hydrogens (tertiary/aromatic N) is 1. The van der Waals surface area contributed by atoms with Crippen LogP contribution >= 0.6 is 11.6 Å². The molecule has 0 saturated carbocycles. The van der Waals surface area contributed by atoms with Crippen LogP contribution in [0.2, 0.25) is 0 Å². The van der Waals surface area contributed by atoms with Gasteiger partial charge in [0, 0.05) is 5.88 Å². The standard InChI is InChI=1S/C8H16ClN.Mg.2H/c9-5-4-8-10-6-2-1-3-7-10;;;/h1-8H2;;;/q;+2;2*-1. The molecule has 0 aromatic carbocycles. The summed E-state index contributed by atoms with van der Waals surface area (Å²) in [6.07, 6.45) is 5.36. The van der Waals surface area contributed by atoms with Crippen LogP contribution in [0.4, 0.5) is 0 Å². The Kier molecular flexibility index (Phi) is 8.36. The van der Waals surface area contributed by atoms with Gasteiger partial charge in [0.15, 0.2) is 0 Å². The molecule has 64 valence electrons. The van der Waals surface area contributed by atoms with E-state index in [1.54, 1.807) is 0 Å². The van der Waals surface area contributed by atoms with Crippen LogP contribution in [0.5, 0.6) is 0 Å². The predicted molar refractivity (Wildman–Crippen MR) is 53.6 cm³/mol. The second-order valence-corrected chi connectivity index (χ2v) is 3.32. The Bertz CT molecular complexity index is 92.2. The fourth-order valence-electron chi connectivity index (χ4n) is 1.47. The number of hydrogen-bond acceptors (Lipinski definition) is 1. The molecule has 0 aliphatic carbocycles. The topological polar surface area (TPSA) is 3.24 Å². The number of piperidine rings is 1. The first kappa shape index (κ1) is 12.0. The summed E-state index contributed by atoms with van der Waals surface area (Å²) in [5, 5.41) is 0. The normalized spacial score (nSPS) is 19.4. The van der Waals surface area contributed by atoms with Crippen LogP contribution in [0.25, 0.3) is 0 Å². The maximum Gasteiger partial charge on any atom is 2.00 e. The van der Waals surface area contributed by atoms with E-state index in [2.05, 4.69) is 4.90 Å². The molecule has 0 amide bonds. The van der Waals surface area contributed by atoms with Gasteiger partial charge < -0.3 is 7.75 Å². The average Bonchev–Trinajstić information content (AvgIpc) is 2.03. The van der Waals surface area contributed by atoms with Crippen molar-refractivity contribution in [3.63, 3.8) is 0 Å². The molecule has 0 unspecified atom stereocenters. The molecule has 3 heteroatoms. The number of halogens is 1. The van der Waals surface area contributed by atoms with Crippen molar-refractivity contribution in [3.8, 4) is 0 Å². The Morgan fingerprint density at radius 1 is 1.18 bits per heavy atom. The van der Waals surface area contributed by atoms with Gasteiger partial charge in [0.25, 0.3) is 0 Å². The van der Waals surface area contributed by atoms with Crippen molar-refractivity contribution in [1.29, 1.82) is 0 Å². The maximum absolute atomic E-state index is 5.59. The fourth-order valence-corrected chi connectivity index (χ4v) is 1.59. The first-order valence-electron chi connectivity index (χ1n) is 4.22. The van der Waals surface area contributed by atoms with Gasteiger partial charge in [0.1, 0.15) is 0 Å². The van der Waals surface area contributed by atoms with Gasteiger partial charge in [-0.2, -0.15) is 0 Å². The van der Waals surface area contributed by atoms with E-state index in [4.69, 9.17) is 11.6 Å². The van der Waals surface area contributed by atoms with Crippen LogP contribution in [0.1, 0.15) is 28.5 Å². The molecule has 0 atom stereocenters. The van der Waals surface area contributed by atoms with Gasteiger partial charge in [0.05, 0.1) is 0 Å². The molecule has 1 fully saturated rings. The molecule has 1 aliphatic heterocycles. The number of rotatable bonds is 3. The molecule has 1 heterocycles. The minimum atomic E-state index is 0. The Morgan fingerprint density at radius 3 is 2.36 bits per heavy atom. The summed E-state index contributed by atoms with van der Waals surface area (Å²) in [6, 6.07) is 0. The summed E-state index contributed by atoms with van der Waals surface area (Å²) in [6.45, 7) is 3.82. The second kappa shape index (κ2) is 7.65. The maximum atomic E-state index is 5.59. The minimum Gasteiger partial charge on any atom is -1.00 e. The van der Waals surface area contributed by atoms with E-state index in [0.717, 1.165) is 12.3 Å². The van der Waals surface area contributed by atoms with Gasteiger partial charge in [-0.15, -0.1) is 11.6 Å². The molecule has 0 aromatic rings. The Balaban J connectivity index is -0.000000333. The van der Waals surface area contributed by atoms with E-state index in [0.29, 0.717) is 0 Å². The third-order valence-electron chi connectivity index (χ3n) is 2.06. The molecule has 0 bridgehead atoms. The quantitative estimate of drug-likeness (QED) is 0.483. The monoisotopic (exact) mass is 187 g/mol. The molecular formula is C8H18ClMgN. The van der Waals surface area contributed by atoms with Crippen molar-refractivity contribution >= 4 is 34.7 Å². The SMILES string of the molecule is ClCCCN1CCCCC1.[H-].[H-].[Mg+2]. The average molecular weight is 188 g/mol. The molecule has 0 radical (unpaired) electrons. The van der Waals surface area contributed by atoms with Crippen molar-refractivity contribution in [1.82, 2.24) is 4.90 Å². The summed E-state index contributed by atoms with van der Waals surface area (Å²) >= 11 is 5.59. The molecule has 0 N–H and O–H groups in total. The van der Waals surface area contributed by atoms with Gasteiger partial charge in [-0.05, 0) is 38.9 Å². The number of alkyl halides is 1. The minimum absolute atomic E-state index is 0. The van der Waals surface area contributed by atoms with Crippen molar-refractivity contribution in [2.75, 3.05) is 25.5 Å². The van der Waals surface area contributed by atoms with E-state index in [9.17, 15) is 0 Å². The molecule has 0 spiro atoms. The third-order valence-corrected chi connectivity index (χ3v) is 2.32. The van der Waals surface area contributed by atoms with Gasteiger partial charge >= 0.3 is 23.1 Å². The van der Waals surface area contributed by atoms with E-state index >= 15 is 0 Å². The second-order valence-electron chi connectivity index (χ2n) is 2.94. The molecular weight excluding hydrogens is 170 g/mol. The Labute approximate surface area is 93.6 Å². The van der Waals surface area contributed by atoms with Gasteiger partial charge in [-0.3, -0.25) is 0 Å². The zero-order valence-corrected chi connectivity index (χ0v) is 9.36. The van der Waals surface area contributed by atoms with Gasteiger partial charge in [-0.25, -0.2) is 0 Å². The predicted octanol–water partition coefficient (Wildman–Crippen LogP) is 1.95. The van der Waals surface area contributed by atoms with Crippen LogP contribution in [0.15, 0.2) is 0 Å². The largest absolute Gasteiger partial charge is 2.00 e. The molecule has 1 nitrogen and oxygen atoms in total. The molecule has 1 rings (SSSR count). The fraction of sp³-hybridized carbons (Fsp3) is 1.00. The third kappa shape index (κ3) is 5.29. The summed E-state index contributed by atoms with van der Waals surface area (Å²) in [7, 11) is 0. The van der Waals surface area contributed by atoms with Crippen molar-refractivity contribution < 1.29 is 2.85 Å². The summed E-state index contributed by atoms with van der Waals surface area (Å²) in [4.78, 5) is 2.52. The van der Waals surface area contributed by atoms with E-state index in [1.165, 1.54) is 38.9 Å². The number of likely N-dealkylation sites (tertiary alicyclic amines) is 1. The van der Waals surface area contributed by atoms with Gasteiger partial charge in [0.2, 0.25) is 0 Å². The first-order chi connectivity index (χ1) is 4.93. The van der Waals surface area contributed by atoms with Crippen LogP contribution in [-0.2, 0) is 0 Å². The van der Waals surface area contributed by atoms with E-state index in [1.807, 2.05) is 0 Å². The van der Waals surface area contributed by atoms with Crippen molar-refractivity contribution in [3.05, 3.63) is 0 Å². The van der Waals surface area contributed by atoms with Gasteiger partial charge in [-0.1, -0.05) is 6.42 Å². The summed E-state index contributed by atoms with van der Waals surface area (Å²) < 4.78 is 0. The Morgan fingerprint density at radius 2 is 1.82 bits per heavy atom. The van der Waals surface area contributed by atoms with E-state index < -0.39 is 0 Å². The molecule has 1 saturated heterocycles. The van der Waals surface area contributed by atoms with Crippen LogP contribution in [0.3, 0.4) is 0 Å². The summed E-state index contributed by atoms with van der Waals surface area (Å²) in [5.74, 6) is 0.816. The summed E-state index contributed by atoms with van der Waals surface area (Å²) in [5.41, 5.74) is 0. The first-order valence-corrected chi connectivity index (χ1v) is 4.75. The van der Waals surface area contributed by atoms with Crippen molar-refractivity contribution in [2.45, 2.75) is 25.7 Å². The molecule has 11 heavy (non-hydrogen) atoms. The zero-order valence-electron chi connectivity index (χ0n) is 9.19. The smallest absolute Gasteiger partial charge is 1.00 e. The van der Waals surface area contributed by atoms with Crippen LogP contribution in [0, 0.1) is 0 Å². The number of hydrogen-bond donors (Lipinski definition) is 0. The molecule has 0 aromatic heterocycles.